The van der Waals surface area contributed by atoms with E-state index in [-0.39, 0.29) is 17.5 Å². The number of rotatable bonds is 5. The summed E-state index contributed by atoms with van der Waals surface area (Å²) in [5.74, 6) is 0. The number of nitrogens with one attached hydrogen (secondary N) is 1. The van der Waals surface area contributed by atoms with Crippen molar-refractivity contribution < 1.29 is 9.66 Å². The fourth-order valence-electron chi connectivity index (χ4n) is 1.18. The number of methoxy groups -OCH3 is 1. The molecule has 0 amide bonds. The first kappa shape index (κ1) is 12.3. The Balaban J connectivity index is 2.70. The van der Waals surface area contributed by atoms with Crippen molar-refractivity contribution in [3.05, 3.63) is 28.3 Å². The average Bonchev–Trinajstić information content (AvgIpc) is 2.25. The van der Waals surface area contributed by atoms with Crippen LogP contribution in [0.25, 0.3) is 0 Å². The van der Waals surface area contributed by atoms with Gasteiger partial charge in [0.2, 0.25) is 0 Å². The molecule has 1 unspecified atom stereocenters. The molecule has 0 heterocycles. The van der Waals surface area contributed by atoms with Crippen molar-refractivity contribution in [2.45, 2.75) is 13.0 Å². The van der Waals surface area contributed by atoms with Gasteiger partial charge in [-0.3, -0.25) is 10.1 Å². The minimum atomic E-state index is -0.503. The number of nitrogen functional groups attached to an aromatic ring is 1. The molecule has 0 aliphatic carbocycles. The molecule has 0 aromatic heterocycles. The molecular formula is C10H15N3O3. The van der Waals surface area contributed by atoms with Crippen LogP contribution in [0, 0.1) is 10.1 Å². The van der Waals surface area contributed by atoms with Crippen LogP contribution < -0.4 is 11.1 Å². The van der Waals surface area contributed by atoms with E-state index in [0.29, 0.717) is 6.54 Å². The minimum Gasteiger partial charge on any atom is -0.393 e. The van der Waals surface area contributed by atoms with Crippen LogP contribution in [0.4, 0.5) is 17.1 Å². The lowest BCUT2D eigenvalue weighted by molar-refractivity contribution is -0.383. The Hall–Kier alpha value is -1.82. The van der Waals surface area contributed by atoms with Crippen molar-refractivity contribution >= 4 is 17.1 Å². The maximum atomic E-state index is 10.5. The summed E-state index contributed by atoms with van der Waals surface area (Å²) in [5, 5.41) is 13.6. The smallest absolute Gasteiger partial charge is 0.292 e. The molecule has 3 N–H and O–H groups in total. The molecule has 0 bridgehead atoms. The van der Waals surface area contributed by atoms with Crippen LogP contribution >= 0.6 is 0 Å². The van der Waals surface area contributed by atoms with Gasteiger partial charge in [0.25, 0.3) is 5.69 Å². The third-order valence-corrected chi connectivity index (χ3v) is 2.22. The number of nitro groups is 1. The highest BCUT2D eigenvalue weighted by Crippen LogP contribution is 2.24. The van der Waals surface area contributed by atoms with Gasteiger partial charge in [0.15, 0.2) is 0 Å². The molecular weight excluding hydrogens is 210 g/mol. The fourth-order valence-corrected chi connectivity index (χ4v) is 1.18. The zero-order valence-electron chi connectivity index (χ0n) is 9.27. The molecule has 0 saturated heterocycles. The third-order valence-electron chi connectivity index (χ3n) is 2.22. The first-order chi connectivity index (χ1) is 7.54. The first-order valence-electron chi connectivity index (χ1n) is 4.85. The average molecular weight is 225 g/mol. The van der Waals surface area contributed by atoms with Gasteiger partial charge < -0.3 is 15.8 Å². The summed E-state index contributed by atoms with van der Waals surface area (Å²) in [4.78, 5) is 10.0. The lowest BCUT2D eigenvalue weighted by Gasteiger charge is -2.12. The molecule has 1 rings (SSSR count). The number of hydrogen-bond acceptors (Lipinski definition) is 5. The number of nitro benzene ring substituents is 1. The van der Waals surface area contributed by atoms with Crippen molar-refractivity contribution in [3.63, 3.8) is 0 Å². The summed E-state index contributed by atoms with van der Waals surface area (Å²) in [6.45, 7) is 2.54. The molecule has 1 aromatic rings. The lowest BCUT2D eigenvalue weighted by atomic mass is 10.2. The van der Waals surface area contributed by atoms with Gasteiger partial charge in [-0.2, -0.15) is 0 Å². The number of anilines is 2. The van der Waals surface area contributed by atoms with E-state index in [1.807, 2.05) is 6.92 Å². The Morgan fingerprint density at radius 1 is 1.62 bits per heavy atom. The number of ether oxygens (including phenoxy) is 1. The van der Waals surface area contributed by atoms with Crippen molar-refractivity contribution in [2.24, 2.45) is 0 Å². The second-order valence-corrected chi connectivity index (χ2v) is 3.46. The van der Waals surface area contributed by atoms with Gasteiger partial charge >= 0.3 is 0 Å². The summed E-state index contributed by atoms with van der Waals surface area (Å²) in [6.07, 6.45) is 0.0661. The van der Waals surface area contributed by atoms with E-state index < -0.39 is 4.92 Å². The first-order valence-corrected chi connectivity index (χ1v) is 4.85. The highest BCUT2D eigenvalue weighted by molar-refractivity contribution is 5.65. The topological polar surface area (TPSA) is 90.4 Å². The second-order valence-electron chi connectivity index (χ2n) is 3.46. The molecule has 0 fully saturated rings. The van der Waals surface area contributed by atoms with Gasteiger partial charge in [-0.25, -0.2) is 0 Å². The highest BCUT2D eigenvalue weighted by Gasteiger charge is 2.11. The van der Waals surface area contributed by atoms with Crippen LogP contribution in [-0.2, 0) is 4.74 Å². The van der Waals surface area contributed by atoms with E-state index >= 15 is 0 Å². The highest BCUT2D eigenvalue weighted by atomic mass is 16.6. The molecule has 1 aromatic carbocycles. The van der Waals surface area contributed by atoms with Crippen LogP contribution in [-0.4, -0.2) is 24.7 Å². The van der Waals surface area contributed by atoms with E-state index in [9.17, 15) is 10.1 Å². The van der Waals surface area contributed by atoms with Crippen LogP contribution in [0.1, 0.15) is 6.92 Å². The van der Waals surface area contributed by atoms with E-state index in [1.54, 1.807) is 19.2 Å². The van der Waals surface area contributed by atoms with Crippen molar-refractivity contribution in [1.29, 1.82) is 0 Å². The monoisotopic (exact) mass is 225 g/mol. The van der Waals surface area contributed by atoms with Crippen LogP contribution in [0.3, 0.4) is 0 Å². The zero-order chi connectivity index (χ0) is 12.1. The van der Waals surface area contributed by atoms with E-state index in [0.717, 1.165) is 5.69 Å². The summed E-state index contributed by atoms with van der Waals surface area (Å²) >= 11 is 0. The van der Waals surface area contributed by atoms with Gasteiger partial charge in [-0.05, 0) is 19.1 Å². The van der Waals surface area contributed by atoms with Gasteiger partial charge in [0.1, 0.15) is 5.69 Å². The Labute approximate surface area is 93.5 Å². The number of hydrogen-bond donors (Lipinski definition) is 2. The lowest BCUT2D eigenvalue weighted by Crippen LogP contribution is -2.18. The maximum Gasteiger partial charge on any atom is 0.292 e. The number of nitrogens with zero attached hydrogens (tertiary/aromatic N) is 1. The molecule has 1 atom stereocenters. The maximum absolute atomic E-state index is 10.5. The van der Waals surface area contributed by atoms with Crippen molar-refractivity contribution in [3.8, 4) is 0 Å². The minimum absolute atomic E-state index is 0.0661. The summed E-state index contributed by atoms with van der Waals surface area (Å²) < 4.78 is 5.06. The van der Waals surface area contributed by atoms with Gasteiger partial charge in [0.05, 0.1) is 11.0 Å². The zero-order valence-corrected chi connectivity index (χ0v) is 9.27. The Morgan fingerprint density at radius 3 is 2.81 bits per heavy atom. The molecule has 0 spiro atoms. The predicted molar refractivity (Wildman–Crippen MR) is 62.5 cm³/mol. The molecule has 0 radical (unpaired) electrons. The molecule has 6 heteroatoms. The van der Waals surface area contributed by atoms with Crippen LogP contribution in [0.5, 0.6) is 0 Å². The Kier molecular flexibility index (Phi) is 4.07. The quantitative estimate of drug-likeness (QED) is 0.451. The van der Waals surface area contributed by atoms with E-state index in [4.69, 9.17) is 10.5 Å². The summed E-state index contributed by atoms with van der Waals surface area (Å²) in [7, 11) is 1.62. The predicted octanol–water partition coefficient (Wildman–Crippen LogP) is 1.62. The normalized spacial score (nSPS) is 12.1. The molecule has 0 saturated carbocycles. The van der Waals surface area contributed by atoms with E-state index in [1.165, 1.54) is 6.07 Å². The molecule has 16 heavy (non-hydrogen) atoms. The molecule has 88 valence electrons. The summed E-state index contributed by atoms with van der Waals surface area (Å²) in [6, 6.07) is 4.55. The fraction of sp³-hybridized carbons (Fsp3) is 0.400. The standard InChI is InChI=1S/C10H15N3O3/c1-7(16-2)6-12-8-3-4-10(13(14)15)9(11)5-8/h3-5,7,12H,6,11H2,1-2H3. The van der Waals surface area contributed by atoms with Gasteiger partial charge in [0, 0.05) is 25.4 Å². The largest absolute Gasteiger partial charge is 0.393 e. The van der Waals surface area contributed by atoms with Crippen molar-refractivity contribution in [1.82, 2.24) is 0 Å². The Morgan fingerprint density at radius 2 is 2.31 bits per heavy atom. The van der Waals surface area contributed by atoms with Gasteiger partial charge in [-0.15, -0.1) is 0 Å². The molecule has 6 nitrogen and oxygen atoms in total. The van der Waals surface area contributed by atoms with Crippen LogP contribution in [0.15, 0.2) is 18.2 Å². The number of benzene rings is 1. The van der Waals surface area contributed by atoms with Crippen molar-refractivity contribution in [2.75, 3.05) is 24.7 Å². The van der Waals surface area contributed by atoms with Gasteiger partial charge in [-0.1, -0.05) is 0 Å². The Bertz CT molecular complexity index is 382. The van der Waals surface area contributed by atoms with Crippen LogP contribution in [0.2, 0.25) is 0 Å². The second kappa shape index (κ2) is 5.32. The van der Waals surface area contributed by atoms with E-state index in [2.05, 4.69) is 5.32 Å². The molecule has 0 aliphatic heterocycles. The third kappa shape index (κ3) is 3.09. The SMILES string of the molecule is COC(C)CNc1ccc([N+](=O)[O-])c(N)c1. The number of nitrogens with two attached hydrogens (primary N) is 1. The molecule has 0 aliphatic rings. The summed E-state index contributed by atoms with van der Waals surface area (Å²) in [5.41, 5.74) is 6.37.